The van der Waals surface area contributed by atoms with Crippen LogP contribution in [0.5, 0.6) is 0 Å². The molecule has 9 heteroatoms. The number of halogens is 2. The van der Waals surface area contributed by atoms with Crippen LogP contribution in [-0.2, 0) is 9.53 Å². The number of alkyl halides is 2. The number of methoxy groups -OCH3 is 1. The molecular weight excluding hydrogens is 320 g/mol. The van der Waals surface area contributed by atoms with Crippen LogP contribution in [0.25, 0.3) is 0 Å². The average molecular weight is 343 g/mol. The number of carbonyl (C=O) groups excluding carboxylic acids is 1. The Bertz CT molecular complexity index is 560. The van der Waals surface area contributed by atoms with Gasteiger partial charge in [-0.2, -0.15) is 10.1 Å². The monoisotopic (exact) mass is 343 g/mol. The summed E-state index contributed by atoms with van der Waals surface area (Å²) in [5, 5.41) is 7.14. The van der Waals surface area contributed by atoms with Gasteiger partial charge in [-0.1, -0.05) is 0 Å². The van der Waals surface area contributed by atoms with Crippen molar-refractivity contribution in [2.75, 3.05) is 32.1 Å². The van der Waals surface area contributed by atoms with Crippen LogP contribution in [-0.4, -0.2) is 64.8 Å². The quantitative estimate of drug-likeness (QED) is 0.878. The van der Waals surface area contributed by atoms with Crippen LogP contribution in [0.15, 0.2) is 6.33 Å². The minimum atomic E-state index is -2.47. The summed E-state index contributed by atoms with van der Waals surface area (Å²) in [7, 11) is 1.58. The number of likely N-dealkylation sites (tertiary alicyclic amines) is 1. The highest BCUT2D eigenvalue weighted by Crippen LogP contribution is 2.35. The van der Waals surface area contributed by atoms with E-state index in [1.54, 1.807) is 7.11 Å². The first kappa shape index (κ1) is 17.1. The third-order valence-electron chi connectivity index (χ3n) is 4.97. The molecule has 2 atom stereocenters. The Morgan fingerprint density at radius 1 is 1.46 bits per heavy atom. The molecule has 1 saturated heterocycles. The Morgan fingerprint density at radius 2 is 2.21 bits per heavy atom. The Morgan fingerprint density at radius 3 is 2.88 bits per heavy atom. The molecule has 3 heterocycles. The van der Waals surface area contributed by atoms with Crippen LogP contribution >= 0.6 is 0 Å². The molecule has 1 amide bonds. The van der Waals surface area contributed by atoms with E-state index in [0.29, 0.717) is 38.5 Å². The zero-order valence-corrected chi connectivity index (χ0v) is 13.7. The lowest BCUT2D eigenvalue weighted by Crippen LogP contribution is -2.46. The number of ether oxygens (including phenoxy) is 1. The molecule has 1 aromatic heterocycles. The maximum Gasteiger partial charge on any atom is 0.260 e. The van der Waals surface area contributed by atoms with Gasteiger partial charge in [-0.3, -0.25) is 4.79 Å². The van der Waals surface area contributed by atoms with E-state index in [2.05, 4.69) is 15.4 Å². The molecule has 2 aliphatic heterocycles. The third-order valence-corrected chi connectivity index (χ3v) is 4.97. The summed E-state index contributed by atoms with van der Waals surface area (Å²) in [6, 6.07) is -0.993. The van der Waals surface area contributed by atoms with Crippen molar-refractivity contribution in [1.29, 1.82) is 0 Å². The van der Waals surface area contributed by atoms with Gasteiger partial charge in [0.15, 0.2) is 0 Å². The smallest absolute Gasteiger partial charge is 0.260 e. The molecule has 0 saturated carbocycles. The molecule has 3 rings (SSSR count). The molecule has 2 aliphatic rings. The Kier molecular flexibility index (Phi) is 5.27. The summed E-state index contributed by atoms with van der Waals surface area (Å²) in [6.45, 7) is 1.75. The van der Waals surface area contributed by atoms with E-state index >= 15 is 0 Å². The number of nitrogens with zero attached hydrogens (tertiary/aromatic N) is 4. The van der Waals surface area contributed by atoms with E-state index < -0.39 is 12.5 Å². The lowest BCUT2D eigenvalue weighted by molar-refractivity contribution is -0.133. The van der Waals surface area contributed by atoms with Crippen molar-refractivity contribution in [3.63, 3.8) is 0 Å². The highest BCUT2D eigenvalue weighted by atomic mass is 19.3. The number of carbonyl (C=O) groups is 1. The summed E-state index contributed by atoms with van der Waals surface area (Å²) >= 11 is 0. The lowest BCUT2D eigenvalue weighted by atomic mass is 9.85. The zero-order chi connectivity index (χ0) is 17.1. The van der Waals surface area contributed by atoms with Gasteiger partial charge in [0.05, 0.1) is 13.0 Å². The van der Waals surface area contributed by atoms with Crippen LogP contribution < -0.4 is 5.32 Å². The highest BCUT2D eigenvalue weighted by Gasteiger charge is 2.38. The summed E-state index contributed by atoms with van der Waals surface area (Å²) < 4.78 is 32.9. The minimum absolute atomic E-state index is 0.0584. The molecule has 0 spiro atoms. The Hall–Kier alpha value is -1.77. The van der Waals surface area contributed by atoms with E-state index in [1.807, 2.05) is 4.90 Å². The van der Waals surface area contributed by atoms with Crippen LogP contribution in [0.4, 0.5) is 14.7 Å². The predicted octanol–water partition coefficient (Wildman–Crippen LogP) is 1.54. The normalized spacial score (nSPS) is 24.8. The average Bonchev–Trinajstić information content (AvgIpc) is 3.07. The van der Waals surface area contributed by atoms with Gasteiger partial charge in [-0.15, -0.1) is 0 Å². The fourth-order valence-corrected chi connectivity index (χ4v) is 3.60. The van der Waals surface area contributed by atoms with E-state index in [9.17, 15) is 13.6 Å². The number of fused-ring (bicyclic) bond motifs is 1. The topological polar surface area (TPSA) is 72.3 Å². The van der Waals surface area contributed by atoms with Gasteiger partial charge in [0.25, 0.3) is 6.43 Å². The number of hydrogen-bond acceptors (Lipinski definition) is 5. The standard InChI is InChI=1S/C15H23F2N5O2/c1-24-7-4-13(23)21-5-2-10(3-6-21)11-8-12(14(16)17)22-15(20-11)18-9-19-22/h9-12,14H,2-8H2,1H3,(H,18,19,20)/t11-,12+/m0/s1. The van der Waals surface area contributed by atoms with Gasteiger partial charge in [0.2, 0.25) is 11.9 Å². The first-order valence-corrected chi connectivity index (χ1v) is 8.31. The number of amides is 1. The molecule has 24 heavy (non-hydrogen) atoms. The second-order valence-corrected chi connectivity index (χ2v) is 6.38. The molecule has 0 bridgehead atoms. The van der Waals surface area contributed by atoms with E-state index in [1.165, 1.54) is 11.0 Å². The van der Waals surface area contributed by atoms with Crippen LogP contribution in [0.2, 0.25) is 0 Å². The first-order chi connectivity index (χ1) is 11.6. The summed E-state index contributed by atoms with van der Waals surface area (Å²) in [5.74, 6) is 0.760. The number of aromatic nitrogens is 3. The van der Waals surface area contributed by atoms with Gasteiger partial charge in [-0.05, 0) is 25.2 Å². The van der Waals surface area contributed by atoms with Crippen molar-refractivity contribution in [3.8, 4) is 0 Å². The number of hydrogen-bond donors (Lipinski definition) is 1. The molecule has 0 unspecified atom stereocenters. The van der Waals surface area contributed by atoms with E-state index in [-0.39, 0.29) is 17.9 Å². The van der Waals surface area contributed by atoms with Crippen molar-refractivity contribution in [2.45, 2.75) is 44.2 Å². The van der Waals surface area contributed by atoms with Gasteiger partial charge in [0.1, 0.15) is 12.4 Å². The second-order valence-electron chi connectivity index (χ2n) is 6.38. The fourth-order valence-electron chi connectivity index (χ4n) is 3.60. The van der Waals surface area contributed by atoms with Gasteiger partial charge in [-0.25, -0.2) is 13.5 Å². The van der Waals surface area contributed by atoms with E-state index in [0.717, 1.165) is 12.8 Å². The summed E-state index contributed by atoms with van der Waals surface area (Å²) in [4.78, 5) is 17.9. The lowest BCUT2D eigenvalue weighted by Gasteiger charge is -2.40. The molecule has 0 aliphatic carbocycles. The molecule has 0 aromatic carbocycles. The zero-order valence-electron chi connectivity index (χ0n) is 13.7. The summed E-state index contributed by atoms with van der Waals surface area (Å²) in [6.07, 6.45) is 1.17. The predicted molar refractivity (Wildman–Crippen MR) is 82.9 cm³/mol. The van der Waals surface area contributed by atoms with Gasteiger partial charge in [0, 0.05) is 26.2 Å². The number of rotatable bonds is 5. The second kappa shape index (κ2) is 7.42. The van der Waals surface area contributed by atoms with Crippen LogP contribution in [0.3, 0.4) is 0 Å². The number of piperidine rings is 1. The number of anilines is 1. The highest BCUT2D eigenvalue weighted by molar-refractivity contribution is 5.76. The Balaban J connectivity index is 1.58. The molecule has 134 valence electrons. The maximum atomic E-state index is 13.3. The Labute approximate surface area is 139 Å². The van der Waals surface area contributed by atoms with Gasteiger partial charge < -0.3 is 15.0 Å². The molecule has 1 N–H and O–H groups in total. The van der Waals surface area contributed by atoms with Gasteiger partial charge >= 0.3 is 0 Å². The molecule has 0 radical (unpaired) electrons. The van der Waals surface area contributed by atoms with Crippen LogP contribution in [0, 0.1) is 5.92 Å². The molecule has 7 nitrogen and oxygen atoms in total. The van der Waals surface area contributed by atoms with E-state index in [4.69, 9.17) is 4.74 Å². The van der Waals surface area contributed by atoms with Crippen LogP contribution in [0.1, 0.15) is 31.7 Å². The largest absolute Gasteiger partial charge is 0.384 e. The third kappa shape index (κ3) is 3.50. The minimum Gasteiger partial charge on any atom is -0.384 e. The van der Waals surface area contributed by atoms with Crippen molar-refractivity contribution in [1.82, 2.24) is 19.7 Å². The SMILES string of the molecule is COCCC(=O)N1CCC([C@@H]2C[C@H](C(F)F)n3ncnc3N2)CC1. The van der Waals surface area contributed by atoms with Crippen molar-refractivity contribution < 1.29 is 18.3 Å². The molecule has 1 aromatic rings. The molecular formula is C15H23F2N5O2. The first-order valence-electron chi connectivity index (χ1n) is 8.31. The summed E-state index contributed by atoms with van der Waals surface area (Å²) in [5.41, 5.74) is 0. The van der Waals surface area contributed by atoms with Crippen molar-refractivity contribution in [3.05, 3.63) is 6.33 Å². The fraction of sp³-hybridized carbons (Fsp3) is 0.800. The number of nitrogens with one attached hydrogen (secondary N) is 1. The van der Waals surface area contributed by atoms with Crippen molar-refractivity contribution in [2.24, 2.45) is 5.92 Å². The van der Waals surface area contributed by atoms with Crippen molar-refractivity contribution >= 4 is 11.9 Å². The maximum absolute atomic E-state index is 13.3. The molecule has 1 fully saturated rings.